The fourth-order valence-electron chi connectivity index (χ4n) is 4.22. The summed E-state index contributed by atoms with van der Waals surface area (Å²) in [6, 6.07) is 15.4. The van der Waals surface area contributed by atoms with E-state index in [0.717, 1.165) is 53.2 Å². The molecule has 0 saturated heterocycles. The number of pyridine rings is 1. The van der Waals surface area contributed by atoms with Gasteiger partial charge in [0.25, 0.3) is 5.56 Å². The Balaban J connectivity index is 2.03. The largest absolute Gasteiger partial charge is 0.506 e. The van der Waals surface area contributed by atoms with Crippen molar-refractivity contribution in [3.8, 4) is 16.9 Å². The summed E-state index contributed by atoms with van der Waals surface area (Å²) >= 11 is 0. The first-order chi connectivity index (χ1) is 11.8. The van der Waals surface area contributed by atoms with E-state index in [0.29, 0.717) is 5.56 Å². The lowest BCUT2D eigenvalue weighted by Gasteiger charge is -2.13. The lowest BCUT2D eigenvalue weighted by molar-refractivity contribution is 0.482. The molecule has 1 N–H and O–H groups in total. The Kier molecular flexibility index (Phi) is 2.75. The van der Waals surface area contributed by atoms with E-state index >= 15 is 0 Å². The first-order valence-electron chi connectivity index (χ1n) is 8.46. The number of benzene rings is 2. The predicted molar refractivity (Wildman–Crippen MR) is 96.1 cm³/mol. The van der Waals surface area contributed by atoms with Gasteiger partial charge in [-0.25, -0.2) is 0 Å². The number of aromatic hydroxyl groups is 1. The second-order valence-electron chi connectivity index (χ2n) is 6.56. The molecule has 0 saturated carbocycles. The van der Waals surface area contributed by atoms with E-state index in [1.165, 1.54) is 5.56 Å². The van der Waals surface area contributed by atoms with Gasteiger partial charge in [-0.2, -0.15) is 0 Å². The van der Waals surface area contributed by atoms with Gasteiger partial charge in [-0.15, -0.1) is 0 Å². The topological polar surface area (TPSA) is 41.7 Å². The van der Waals surface area contributed by atoms with Crippen LogP contribution in [-0.2, 0) is 12.8 Å². The zero-order valence-electron chi connectivity index (χ0n) is 13.2. The van der Waals surface area contributed by atoms with Crippen molar-refractivity contribution >= 4 is 16.3 Å². The number of hydrogen-bond acceptors (Lipinski definition) is 2. The Morgan fingerprint density at radius 1 is 0.875 bits per heavy atom. The van der Waals surface area contributed by atoms with Gasteiger partial charge < -0.3 is 5.11 Å². The third-order valence-corrected chi connectivity index (χ3v) is 5.26. The normalized spacial score (nSPS) is 14.3. The van der Waals surface area contributed by atoms with E-state index in [2.05, 4.69) is 6.07 Å². The molecule has 0 aliphatic heterocycles. The van der Waals surface area contributed by atoms with Gasteiger partial charge in [0.1, 0.15) is 5.75 Å². The van der Waals surface area contributed by atoms with E-state index in [9.17, 15) is 9.90 Å². The van der Waals surface area contributed by atoms with Gasteiger partial charge in [0.05, 0.1) is 11.1 Å². The molecule has 0 spiro atoms. The lowest BCUT2D eigenvalue weighted by Crippen LogP contribution is -2.18. The summed E-state index contributed by atoms with van der Waals surface area (Å²) in [6.07, 6.45) is 4.22. The zero-order valence-corrected chi connectivity index (χ0v) is 13.2. The molecule has 2 aromatic carbocycles. The summed E-state index contributed by atoms with van der Waals surface area (Å²) in [6.45, 7) is 0. The van der Waals surface area contributed by atoms with E-state index in [1.54, 1.807) is 0 Å². The molecule has 0 radical (unpaired) electrons. The Morgan fingerprint density at radius 2 is 1.62 bits per heavy atom. The average molecular weight is 315 g/mol. The van der Waals surface area contributed by atoms with Crippen LogP contribution >= 0.6 is 0 Å². The highest BCUT2D eigenvalue weighted by Crippen LogP contribution is 2.39. The van der Waals surface area contributed by atoms with Crippen molar-refractivity contribution in [3.05, 3.63) is 70.1 Å². The van der Waals surface area contributed by atoms with Crippen molar-refractivity contribution in [3.63, 3.8) is 0 Å². The third-order valence-electron chi connectivity index (χ3n) is 5.26. The van der Waals surface area contributed by atoms with E-state index in [-0.39, 0.29) is 11.3 Å². The summed E-state index contributed by atoms with van der Waals surface area (Å²) in [5.74, 6) is 0.0964. The van der Waals surface area contributed by atoms with Crippen LogP contribution in [0.1, 0.15) is 24.1 Å². The fourth-order valence-corrected chi connectivity index (χ4v) is 4.22. The number of hydrogen-bond donors (Lipinski definition) is 1. The van der Waals surface area contributed by atoms with Crippen molar-refractivity contribution in [1.29, 1.82) is 0 Å². The maximum atomic E-state index is 13.3. The molecule has 1 aliphatic rings. The number of fused-ring (bicyclic) bond motifs is 3. The standard InChI is InChI=1S/C21H17NO2/c23-20-16-11-6-10-15-14-9-4-5-12-17(14)22(19(15)16)21(24)18(20)13-7-2-1-3-8-13/h1-3,6-8,10-11,23H,4-5,9,12H2. The van der Waals surface area contributed by atoms with Crippen LogP contribution in [0.5, 0.6) is 5.75 Å². The van der Waals surface area contributed by atoms with Gasteiger partial charge in [-0.3, -0.25) is 9.20 Å². The number of para-hydroxylation sites is 1. The molecule has 2 aromatic heterocycles. The summed E-state index contributed by atoms with van der Waals surface area (Å²) < 4.78 is 1.86. The molecule has 5 rings (SSSR count). The van der Waals surface area contributed by atoms with E-state index in [1.807, 2.05) is 46.9 Å². The molecule has 24 heavy (non-hydrogen) atoms. The fraction of sp³-hybridized carbons (Fsp3) is 0.190. The van der Waals surface area contributed by atoms with Crippen LogP contribution < -0.4 is 5.56 Å². The molecular weight excluding hydrogens is 298 g/mol. The molecular formula is C21H17NO2. The van der Waals surface area contributed by atoms with E-state index in [4.69, 9.17) is 0 Å². The average Bonchev–Trinajstić information content (AvgIpc) is 2.96. The zero-order chi connectivity index (χ0) is 16.3. The molecule has 0 fully saturated rings. The van der Waals surface area contributed by atoms with Gasteiger partial charge >= 0.3 is 0 Å². The first-order valence-corrected chi connectivity index (χ1v) is 8.46. The maximum Gasteiger partial charge on any atom is 0.267 e. The second kappa shape index (κ2) is 4.84. The lowest BCUT2D eigenvalue weighted by atomic mass is 9.95. The van der Waals surface area contributed by atoms with Crippen LogP contribution in [0.2, 0.25) is 0 Å². The minimum atomic E-state index is -0.106. The Labute approximate surface area is 139 Å². The van der Waals surface area contributed by atoms with Gasteiger partial charge in [-0.05, 0) is 42.9 Å². The molecule has 3 nitrogen and oxygen atoms in total. The van der Waals surface area contributed by atoms with Crippen LogP contribution in [0.3, 0.4) is 0 Å². The Hall–Kier alpha value is -2.81. The minimum absolute atomic E-state index is 0.0964. The van der Waals surface area contributed by atoms with Gasteiger partial charge in [0, 0.05) is 16.5 Å². The van der Waals surface area contributed by atoms with Crippen molar-refractivity contribution in [2.24, 2.45) is 0 Å². The summed E-state index contributed by atoms with van der Waals surface area (Å²) in [7, 11) is 0. The molecule has 1 aliphatic carbocycles. The predicted octanol–water partition coefficient (Wildman–Crippen LogP) is 4.14. The number of aryl methyl sites for hydroxylation is 2. The van der Waals surface area contributed by atoms with Crippen LogP contribution in [0.25, 0.3) is 27.4 Å². The van der Waals surface area contributed by atoms with Gasteiger partial charge in [-0.1, -0.05) is 42.5 Å². The van der Waals surface area contributed by atoms with Gasteiger partial charge in [0.2, 0.25) is 0 Å². The molecule has 0 bridgehead atoms. The highest BCUT2D eigenvalue weighted by atomic mass is 16.3. The molecule has 0 unspecified atom stereocenters. The molecule has 0 amide bonds. The minimum Gasteiger partial charge on any atom is -0.506 e. The number of rotatable bonds is 1. The summed E-state index contributed by atoms with van der Waals surface area (Å²) in [4.78, 5) is 13.3. The molecule has 0 atom stereocenters. The smallest absolute Gasteiger partial charge is 0.267 e. The molecule has 4 aromatic rings. The van der Waals surface area contributed by atoms with Crippen LogP contribution in [0, 0.1) is 0 Å². The number of aromatic nitrogens is 1. The quantitative estimate of drug-likeness (QED) is 0.573. The SMILES string of the molecule is O=c1c(-c2ccccc2)c(O)c2cccc3c4c(n1c23)CCCC4. The second-order valence-corrected chi connectivity index (χ2v) is 6.56. The van der Waals surface area contributed by atoms with Crippen molar-refractivity contribution < 1.29 is 5.11 Å². The third kappa shape index (κ3) is 1.64. The highest BCUT2D eigenvalue weighted by molar-refractivity contribution is 6.04. The van der Waals surface area contributed by atoms with Gasteiger partial charge in [0.15, 0.2) is 0 Å². The van der Waals surface area contributed by atoms with Crippen LogP contribution in [-0.4, -0.2) is 9.51 Å². The molecule has 118 valence electrons. The Morgan fingerprint density at radius 3 is 2.46 bits per heavy atom. The Bertz CT molecular complexity index is 1130. The number of nitrogens with zero attached hydrogens (tertiary/aromatic N) is 1. The van der Waals surface area contributed by atoms with Crippen molar-refractivity contribution in [2.75, 3.05) is 0 Å². The van der Waals surface area contributed by atoms with Crippen LogP contribution in [0.4, 0.5) is 0 Å². The van der Waals surface area contributed by atoms with Crippen molar-refractivity contribution in [2.45, 2.75) is 25.7 Å². The monoisotopic (exact) mass is 315 g/mol. The van der Waals surface area contributed by atoms with E-state index < -0.39 is 0 Å². The molecule has 3 heteroatoms. The molecule has 2 heterocycles. The van der Waals surface area contributed by atoms with Crippen LogP contribution in [0.15, 0.2) is 53.3 Å². The maximum absolute atomic E-state index is 13.3. The van der Waals surface area contributed by atoms with Crippen molar-refractivity contribution in [1.82, 2.24) is 4.40 Å². The summed E-state index contributed by atoms with van der Waals surface area (Å²) in [5.41, 5.74) is 4.36. The highest BCUT2D eigenvalue weighted by Gasteiger charge is 2.25. The summed E-state index contributed by atoms with van der Waals surface area (Å²) in [5, 5.41) is 12.7. The first kappa shape index (κ1) is 13.6.